The third kappa shape index (κ3) is 4.80. The van der Waals surface area contributed by atoms with Gasteiger partial charge in [0.2, 0.25) is 0 Å². The molecule has 0 saturated heterocycles. The lowest BCUT2D eigenvalue weighted by molar-refractivity contribution is 0.252. The van der Waals surface area contributed by atoms with Crippen molar-refractivity contribution in [3.63, 3.8) is 0 Å². The molecular formula is C18H17Cl2N5O. The van der Waals surface area contributed by atoms with Crippen molar-refractivity contribution in [2.75, 3.05) is 11.9 Å². The molecule has 0 unspecified atom stereocenters. The predicted molar refractivity (Wildman–Crippen MR) is 104 cm³/mol. The summed E-state index contributed by atoms with van der Waals surface area (Å²) in [5.41, 5.74) is 3.52. The first-order valence-corrected chi connectivity index (χ1v) is 8.87. The molecule has 0 saturated carbocycles. The van der Waals surface area contributed by atoms with E-state index in [4.69, 9.17) is 23.2 Å². The summed E-state index contributed by atoms with van der Waals surface area (Å²) in [5.74, 6) is 0.170. The fourth-order valence-electron chi connectivity index (χ4n) is 2.43. The van der Waals surface area contributed by atoms with Gasteiger partial charge in [-0.3, -0.25) is 5.32 Å². The number of amides is 2. The number of benzene rings is 2. The second kappa shape index (κ2) is 8.29. The van der Waals surface area contributed by atoms with Gasteiger partial charge in [-0.2, -0.15) is 0 Å². The Kier molecular flexibility index (Phi) is 5.85. The van der Waals surface area contributed by atoms with E-state index in [1.165, 1.54) is 0 Å². The fourth-order valence-corrected chi connectivity index (χ4v) is 2.75. The molecule has 0 radical (unpaired) electrons. The van der Waals surface area contributed by atoms with E-state index < -0.39 is 0 Å². The van der Waals surface area contributed by atoms with Gasteiger partial charge in [-0.1, -0.05) is 35.3 Å². The molecule has 6 nitrogen and oxygen atoms in total. The molecule has 0 spiro atoms. The molecule has 1 aromatic heterocycles. The number of urea groups is 1. The Balaban J connectivity index is 1.48. The van der Waals surface area contributed by atoms with E-state index in [2.05, 4.69) is 25.8 Å². The maximum atomic E-state index is 11.9. The van der Waals surface area contributed by atoms with Crippen molar-refractivity contribution in [2.24, 2.45) is 0 Å². The number of aromatic nitrogens is 3. The lowest BCUT2D eigenvalue weighted by Gasteiger charge is -2.07. The van der Waals surface area contributed by atoms with Crippen LogP contribution in [0.3, 0.4) is 0 Å². The van der Waals surface area contributed by atoms with E-state index in [0.717, 1.165) is 24.0 Å². The zero-order chi connectivity index (χ0) is 18.5. The summed E-state index contributed by atoms with van der Waals surface area (Å²) in [7, 11) is 0. The SMILES string of the molecule is Cc1ccc2nc(NC(=O)NCCCc3ccc(Cl)c(Cl)c3)nnc2c1. The zero-order valence-electron chi connectivity index (χ0n) is 14.1. The van der Waals surface area contributed by atoms with Gasteiger partial charge in [0, 0.05) is 6.54 Å². The fraction of sp³-hybridized carbons (Fsp3) is 0.222. The topological polar surface area (TPSA) is 79.8 Å². The van der Waals surface area contributed by atoms with Crippen LogP contribution in [-0.2, 0) is 6.42 Å². The first-order valence-electron chi connectivity index (χ1n) is 8.11. The standard InChI is InChI=1S/C18H17Cl2N5O/c1-11-4-7-15-16(9-11)24-25-17(22-15)23-18(26)21-8-2-3-12-5-6-13(19)14(20)10-12/h4-7,9-10H,2-3,8H2,1H3,(H2,21,22,23,25,26). The summed E-state index contributed by atoms with van der Waals surface area (Å²) in [6.07, 6.45) is 1.55. The number of hydrogen-bond donors (Lipinski definition) is 2. The molecule has 0 fully saturated rings. The average Bonchev–Trinajstić information content (AvgIpc) is 2.62. The minimum absolute atomic E-state index is 0.170. The van der Waals surface area contributed by atoms with Crippen LogP contribution in [0.2, 0.25) is 10.0 Å². The summed E-state index contributed by atoms with van der Waals surface area (Å²) in [6.45, 7) is 2.48. The van der Waals surface area contributed by atoms with Crippen molar-refractivity contribution in [1.29, 1.82) is 0 Å². The number of carbonyl (C=O) groups excluding carboxylic acids is 1. The molecule has 2 amide bonds. The molecule has 0 aliphatic rings. The number of halogens is 2. The molecule has 3 rings (SSSR count). The lowest BCUT2D eigenvalue weighted by atomic mass is 10.1. The lowest BCUT2D eigenvalue weighted by Crippen LogP contribution is -2.30. The van der Waals surface area contributed by atoms with E-state index in [9.17, 15) is 4.79 Å². The van der Waals surface area contributed by atoms with Crippen LogP contribution in [0.15, 0.2) is 36.4 Å². The summed E-state index contributed by atoms with van der Waals surface area (Å²) in [6, 6.07) is 10.8. The molecular weight excluding hydrogens is 373 g/mol. The van der Waals surface area contributed by atoms with Crippen molar-refractivity contribution >= 4 is 46.2 Å². The Morgan fingerprint density at radius 2 is 1.88 bits per heavy atom. The van der Waals surface area contributed by atoms with E-state index in [0.29, 0.717) is 27.6 Å². The van der Waals surface area contributed by atoms with Crippen LogP contribution in [-0.4, -0.2) is 27.8 Å². The number of hydrogen-bond acceptors (Lipinski definition) is 4. The highest BCUT2D eigenvalue weighted by Crippen LogP contribution is 2.23. The molecule has 2 aromatic carbocycles. The average molecular weight is 390 g/mol. The molecule has 26 heavy (non-hydrogen) atoms. The Labute approximate surface area is 160 Å². The number of carbonyl (C=O) groups is 1. The summed E-state index contributed by atoms with van der Waals surface area (Å²) < 4.78 is 0. The molecule has 0 aliphatic heterocycles. The monoisotopic (exact) mass is 389 g/mol. The molecule has 0 atom stereocenters. The second-order valence-corrected chi connectivity index (χ2v) is 6.67. The van der Waals surface area contributed by atoms with Crippen molar-refractivity contribution < 1.29 is 4.79 Å². The van der Waals surface area contributed by atoms with Gasteiger partial charge in [-0.25, -0.2) is 9.78 Å². The third-order valence-electron chi connectivity index (χ3n) is 3.75. The molecule has 134 valence electrons. The second-order valence-electron chi connectivity index (χ2n) is 5.86. The van der Waals surface area contributed by atoms with Gasteiger partial charge in [-0.05, 0) is 55.2 Å². The molecule has 0 aliphatic carbocycles. The van der Waals surface area contributed by atoms with Crippen molar-refractivity contribution in [2.45, 2.75) is 19.8 Å². The van der Waals surface area contributed by atoms with Crippen molar-refractivity contribution in [3.05, 3.63) is 57.6 Å². The van der Waals surface area contributed by atoms with Crippen LogP contribution in [0, 0.1) is 6.92 Å². The van der Waals surface area contributed by atoms with Crippen LogP contribution in [0.1, 0.15) is 17.5 Å². The summed E-state index contributed by atoms with van der Waals surface area (Å²) >= 11 is 11.9. The third-order valence-corrected chi connectivity index (χ3v) is 4.49. The number of aryl methyl sites for hydroxylation is 2. The predicted octanol–water partition coefficient (Wildman–Crippen LogP) is 4.39. The number of nitrogens with zero attached hydrogens (tertiary/aromatic N) is 3. The normalized spacial score (nSPS) is 10.7. The first kappa shape index (κ1) is 18.4. The van der Waals surface area contributed by atoms with Gasteiger partial charge in [0.05, 0.1) is 15.6 Å². The maximum absolute atomic E-state index is 11.9. The summed E-state index contributed by atoms with van der Waals surface area (Å²) in [5, 5.41) is 14.4. The number of anilines is 1. The van der Waals surface area contributed by atoms with Crippen molar-refractivity contribution in [3.8, 4) is 0 Å². The number of fused-ring (bicyclic) bond motifs is 1. The van der Waals surface area contributed by atoms with Crippen LogP contribution in [0.5, 0.6) is 0 Å². The van der Waals surface area contributed by atoms with Gasteiger partial charge < -0.3 is 5.32 Å². The van der Waals surface area contributed by atoms with E-state index in [-0.39, 0.29) is 12.0 Å². The molecule has 3 aromatic rings. The van der Waals surface area contributed by atoms with Crippen LogP contribution in [0.4, 0.5) is 10.7 Å². The van der Waals surface area contributed by atoms with E-state index in [1.807, 2.05) is 37.3 Å². The maximum Gasteiger partial charge on any atom is 0.321 e. The zero-order valence-corrected chi connectivity index (χ0v) is 15.6. The quantitative estimate of drug-likeness (QED) is 0.633. The van der Waals surface area contributed by atoms with Gasteiger partial charge in [-0.15, -0.1) is 10.2 Å². The van der Waals surface area contributed by atoms with Crippen LogP contribution < -0.4 is 10.6 Å². The highest BCUT2D eigenvalue weighted by Gasteiger charge is 2.06. The Morgan fingerprint density at radius 1 is 1.04 bits per heavy atom. The van der Waals surface area contributed by atoms with Crippen LogP contribution >= 0.6 is 23.2 Å². The van der Waals surface area contributed by atoms with E-state index >= 15 is 0 Å². The van der Waals surface area contributed by atoms with Gasteiger partial charge in [0.25, 0.3) is 5.95 Å². The Hall–Kier alpha value is -2.44. The number of nitrogens with one attached hydrogen (secondary N) is 2. The van der Waals surface area contributed by atoms with E-state index in [1.54, 1.807) is 6.07 Å². The Morgan fingerprint density at radius 3 is 2.69 bits per heavy atom. The number of rotatable bonds is 5. The van der Waals surface area contributed by atoms with Crippen molar-refractivity contribution in [1.82, 2.24) is 20.5 Å². The van der Waals surface area contributed by atoms with Gasteiger partial charge in [0.1, 0.15) is 5.52 Å². The molecule has 2 N–H and O–H groups in total. The smallest absolute Gasteiger partial charge is 0.321 e. The highest BCUT2D eigenvalue weighted by molar-refractivity contribution is 6.42. The molecule has 0 bridgehead atoms. The highest BCUT2D eigenvalue weighted by atomic mass is 35.5. The Bertz CT molecular complexity index is 948. The largest absolute Gasteiger partial charge is 0.338 e. The summed E-state index contributed by atoms with van der Waals surface area (Å²) in [4.78, 5) is 16.2. The minimum Gasteiger partial charge on any atom is -0.338 e. The minimum atomic E-state index is -0.368. The van der Waals surface area contributed by atoms with Gasteiger partial charge in [0.15, 0.2) is 0 Å². The van der Waals surface area contributed by atoms with Gasteiger partial charge >= 0.3 is 6.03 Å². The molecule has 8 heteroatoms. The van der Waals surface area contributed by atoms with Crippen LogP contribution in [0.25, 0.3) is 11.0 Å². The first-order chi connectivity index (χ1) is 12.5. The molecule has 1 heterocycles.